The minimum atomic E-state index is 0. The van der Waals surface area contributed by atoms with Crippen LogP contribution in [0.3, 0.4) is 0 Å². The Morgan fingerprint density at radius 2 is 2.38 bits per heavy atom. The molecule has 1 N–H and O–H groups in total. The van der Waals surface area contributed by atoms with Crippen LogP contribution in [0.4, 0.5) is 0 Å². The first kappa shape index (κ1) is 13.4. The molecule has 1 aromatic rings. The molecule has 1 aromatic heterocycles. The van der Waals surface area contributed by atoms with E-state index in [9.17, 15) is 0 Å². The lowest BCUT2D eigenvalue weighted by atomic mass is 10.2. The van der Waals surface area contributed by atoms with Crippen molar-refractivity contribution in [2.45, 2.75) is 25.4 Å². The molecular formula is C12H20ClN3. The minimum absolute atomic E-state index is 0. The molecule has 1 saturated heterocycles. The summed E-state index contributed by atoms with van der Waals surface area (Å²) in [7, 11) is 2.03. The molecule has 0 aliphatic carbocycles. The average Bonchev–Trinajstić information content (AvgIpc) is 2.68. The Labute approximate surface area is 104 Å². The fourth-order valence-electron chi connectivity index (χ4n) is 2.27. The van der Waals surface area contributed by atoms with Crippen molar-refractivity contribution < 1.29 is 0 Å². The van der Waals surface area contributed by atoms with E-state index >= 15 is 0 Å². The van der Waals surface area contributed by atoms with Gasteiger partial charge in [0, 0.05) is 25.3 Å². The van der Waals surface area contributed by atoms with E-state index < -0.39 is 0 Å². The summed E-state index contributed by atoms with van der Waals surface area (Å²) in [5.41, 5.74) is 1.18. The second-order valence-corrected chi connectivity index (χ2v) is 4.15. The van der Waals surface area contributed by atoms with Crippen LogP contribution in [0.15, 0.2) is 24.4 Å². The molecule has 90 valence electrons. The second kappa shape index (κ2) is 6.84. The predicted molar refractivity (Wildman–Crippen MR) is 68.8 cm³/mol. The van der Waals surface area contributed by atoms with Crippen molar-refractivity contribution in [3.63, 3.8) is 0 Å². The number of aromatic nitrogens is 1. The topological polar surface area (TPSA) is 28.2 Å². The summed E-state index contributed by atoms with van der Waals surface area (Å²) in [5.74, 6) is 0. The second-order valence-electron chi connectivity index (χ2n) is 4.15. The molecule has 0 amide bonds. The van der Waals surface area contributed by atoms with Gasteiger partial charge >= 0.3 is 0 Å². The van der Waals surface area contributed by atoms with Crippen LogP contribution >= 0.6 is 12.4 Å². The average molecular weight is 242 g/mol. The fourth-order valence-corrected chi connectivity index (χ4v) is 2.27. The fraction of sp³-hybridized carbons (Fsp3) is 0.583. The lowest BCUT2D eigenvalue weighted by Gasteiger charge is -2.23. The molecule has 4 heteroatoms. The van der Waals surface area contributed by atoms with Crippen LogP contribution in [0.2, 0.25) is 0 Å². The first-order valence-electron chi connectivity index (χ1n) is 5.68. The Bertz CT molecular complexity index is 292. The number of nitrogens with one attached hydrogen (secondary N) is 1. The lowest BCUT2D eigenvalue weighted by Crippen LogP contribution is -2.36. The van der Waals surface area contributed by atoms with Crippen LogP contribution in [-0.4, -0.2) is 36.1 Å². The lowest BCUT2D eigenvalue weighted by molar-refractivity contribution is 0.239. The van der Waals surface area contributed by atoms with Gasteiger partial charge in [-0.15, -0.1) is 12.4 Å². The van der Waals surface area contributed by atoms with E-state index in [0.717, 1.165) is 13.1 Å². The Hall–Kier alpha value is -0.640. The molecule has 0 aromatic carbocycles. The number of halogens is 1. The number of hydrogen-bond donors (Lipinski definition) is 1. The third-order valence-corrected chi connectivity index (χ3v) is 3.03. The van der Waals surface area contributed by atoms with Crippen LogP contribution in [0.25, 0.3) is 0 Å². The van der Waals surface area contributed by atoms with Crippen molar-refractivity contribution in [1.29, 1.82) is 0 Å². The van der Waals surface area contributed by atoms with Gasteiger partial charge in [-0.1, -0.05) is 6.07 Å². The van der Waals surface area contributed by atoms with Gasteiger partial charge in [-0.05, 0) is 38.6 Å². The third-order valence-electron chi connectivity index (χ3n) is 3.03. The first-order valence-corrected chi connectivity index (χ1v) is 5.68. The summed E-state index contributed by atoms with van der Waals surface area (Å²) < 4.78 is 0. The maximum absolute atomic E-state index is 4.37. The number of likely N-dealkylation sites (N-methyl/N-ethyl adjacent to an activating group) is 1. The summed E-state index contributed by atoms with van der Waals surface area (Å²) >= 11 is 0. The van der Waals surface area contributed by atoms with Crippen molar-refractivity contribution in [3.05, 3.63) is 30.1 Å². The van der Waals surface area contributed by atoms with Crippen molar-refractivity contribution in [2.24, 2.45) is 0 Å². The van der Waals surface area contributed by atoms with Gasteiger partial charge < -0.3 is 5.32 Å². The van der Waals surface area contributed by atoms with E-state index in [-0.39, 0.29) is 12.4 Å². The van der Waals surface area contributed by atoms with Gasteiger partial charge in [0.15, 0.2) is 0 Å². The van der Waals surface area contributed by atoms with Gasteiger partial charge in [0.25, 0.3) is 0 Å². The highest BCUT2D eigenvalue weighted by Crippen LogP contribution is 2.18. The molecule has 1 unspecified atom stereocenters. The van der Waals surface area contributed by atoms with Crippen LogP contribution in [0.5, 0.6) is 0 Å². The maximum Gasteiger partial charge on any atom is 0.0544 e. The van der Waals surface area contributed by atoms with Gasteiger partial charge in [-0.3, -0.25) is 9.88 Å². The zero-order chi connectivity index (χ0) is 10.5. The zero-order valence-electron chi connectivity index (χ0n) is 9.72. The summed E-state index contributed by atoms with van der Waals surface area (Å²) in [6, 6.07) is 6.83. The summed E-state index contributed by atoms with van der Waals surface area (Å²) in [6.07, 6.45) is 4.51. The molecule has 0 spiro atoms. The van der Waals surface area contributed by atoms with Gasteiger partial charge in [0.1, 0.15) is 0 Å². The SMILES string of the molecule is CNCC1CCCN1Cc1ccccn1.Cl. The van der Waals surface area contributed by atoms with Gasteiger partial charge in [0.05, 0.1) is 5.69 Å². The van der Waals surface area contributed by atoms with E-state index in [1.165, 1.54) is 25.1 Å². The third kappa shape index (κ3) is 3.44. The molecule has 1 aliphatic heterocycles. The quantitative estimate of drug-likeness (QED) is 0.870. The molecule has 16 heavy (non-hydrogen) atoms. The molecule has 2 heterocycles. The highest BCUT2D eigenvalue weighted by molar-refractivity contribution is 5.85. The number of rotatable bonds is 4. The van der Waals surface area contributed by atoms with Gasteiger partial charge in [-0.25, -0.2) is 0 Å². The molecule has 0 bridgehead atoms. The number of pyridine rings is 1. The number of hydrogen-bond acceptors (Lipinski definition) is 3. The van der Waals surface area contributed by atoms with E-state index in [4.69, 9.17) is 0 Å². The highest BCUT2D eigenvalue weighted by atomic mass is 35.5. The van der Waals surface area contributed by atoms with E-state index in [2.05, 4.69) is 27.3 Å². The molecule has 3 nitrogen and oxygen atoms in total. The van der Waals surface area contributed by atoms with Gasteiger partial charge in [0.2, 0.25) is 0 Å². The molecule has 0 radical (unpaired) electrons. The Balaban J connectivity index is 0.00000128. The monoisotopic (exact) mass is 241 g/mol. The summed E-state index contributed by atoms with van der Waals surface area (Å²) in [6.45, 7) is 3.29. The molecule has 2 rings (SSSR count). The number of likely N-dealkylation sites (tertiary alicyclic amines) is 1. The van der Waals surface area contributed by atoms with Crippen molar-refractivity contribution in [1.82, 2.24) is 15.2 Å². The molecule has 1 aliphatic rings. The molecule has 1 fully saturated rings. The molecular weight excluding hydrogens is 222 g/mol. The standard InChI is InChI=1S/C12H19N3.ClH/c1-13-9-12-6-4-8-15(12)10-11-5-2-3-7-14-11;/h2-3,5,7,12-13H,4,6,8-10H2,1H3;1H. The van der Waals surface area contributed by atoms with Crippen molar-refractivity contribution in [2.75, 3.05) is 20.1 Å². The Morgan fingerprint density at radius 1 is 1.50 bits per heavy atom. The summed E-state index contributed by atoms with van der Waals surface area (Å²) in [5, 5.41) is 3.26. The minimum Gasteiger partial charge on any atom is -0.318 e. The van der Waals surface area contributed by atoms with Crippen LogP contribution < -0.4 is 5.32 Å². The van der Waals surface area contributed by atoms with Crippen LogP contribution in [-0.2, 0) is 6.54 Å². The zero-order valence-corrected chi connectivity index (χ0v) is 10.5. The normalized spacial score (nSPS) is 20.7. The predicted octanol–water partition coefficient (Wildman–Crippen LogP) is 1.69. The van der Waals surface area contributed by atoms with Crippen molar-refractivity contribution >= 4 is 12.4 Å². The van der Waals surface area contributed by atoms with Crippen LogP contribution in [0.1, 0.15) is 18.5 Å². The van der Waals surface area contributed by atoms with E-state index in [0.29, 0.717) is 6.04 Å². The molecule has 0 saturated carbocycles. The maximum atomic E-state index is 4.37. The largest absolute Gasteiger partial charge is 0.318 e. The van der Waals surface area contributed by atoms with Gasteiger partial charge in [-0.2, -0.15) is 0 Å². The smallest absolute Gasteiger partial charge is 0.0544 e. The summed E-state index contributed by atoms with van der Waals surface area (Å²) in [4.78, 5) is 6.90. The first-order chi connectivity index (χ1) is 7.40. The van der Waals surface area contributed by atoms with E-state index in [1.807, 2.05) is 19.3 Å². The van der Waals surface area contributed by atoms with E-state index in [1.54, 1.807) is 0 Å². The Morgan fingerprint density at radius 3 is 3.06 bits per heavy atom. The highest BCUT2D eigenvalue weighted by Gasteiger charge is 2.23. The molecule has 1 atom stereocenters. The Kier molecular flexibility index (Phi) is 5.74. The van der Waals surface area contributed by atoms with Crippen LogP contribution in [0, 0.1) is 0 Å². The van der Waals surface area contributed by atoms with Crippen molar-refractivity contribution in [3.8, 4) is 0 Å². The number of nitrogens with zero attached hydrogens (tertiary/aromatic N) is 2.